The monoisotopic (exact) mass is 454 g/mol. The Labute approximate surface area is 197 Å². The molecule has 4 heterocycles. The molecule has 2 aromatic carbocycles. The van der Waals surface area contributed by atoms with Gasteiger partial charge in [0.25, 0.3) is 5.91 Å². The van der Waals surface area contributed by atoms with E-state index in [-0.39, 0.29) is 18.2 Å². The Kier molecular flexibility index (Phi) is 5.14. The summed E-state index contributed by atoms with van der Waals surface area (Å²) in [7, 11) is 0. The molecule has 7 nitrogen and oxygen atoms in total. The van der Waals surface area contributed by atoms with E-state index >= 15 is 0 Å². The van der Waals surface area contributed by atoms with E-state index in [2.05, 4.69) is 40.5 Å². The third-order valence-electron chi connectivity index (χ3n) is 7.41. The van der Waals surface area contributed by atoms with Crippen LogP contribution in [0.5, 0.6) is 0 Å². The van der Waals surface area contributed by atoms with Crippen molar-refractivity contribution in [1.29, 1.82) is 0 Å². The van der Waals surface area contributed by atoms with E-state index in [4.69, 9.17) is 4.98 Å². The Balaban J connectivity index is 1.27. The molecule has 3 aromatic rings. The van der Waals surface area contributed by atoms with Crippen molar-refractivity contribution < 1.29 is 14.4 Å². The molecule has 0 saturated carbocycles. The van der Waals surface area contributed by atoms with Crippen molar-refractivity contribution in [2.24, 2.45) is 0 Å². The number of carbonyl (C=O) groups is 3. The van der Waals surface area contributed by atoms with Crippen LogP contribution in [0.2, 0.25) is 0 Å². The number of nitrogens with one attached hydrogen (secondary N) is 1. The topological polar surface area (TPSA) is 82.6 Å². The summed E-state index contributed by atoms with van der Waals surface area (Å²) in [6.45, 7) is 3.00. The van der Waals surface area contributed by atoms with Crippen molar-refractivity contribution in [3.05, 3.63) is 71.4 Å². The molecule has 1 aromatic heterocycles. The highest BCUT2D eigenvalue weighted by atomic mass is 16.2. The lowest BCUT2D eigenvalue weighted by Crippen LogP contribution is -2.53. The van der Waals surface area contributed by atoms with Gasteiger partial charge >= 0.3 is 0 Å². The first-order chi connectivity index (χ1) is 16.6. The molecule has 3 amide bonds. The van der Waals surface area contributed by atoms with Crippen LogP contribution < -0.4 is 10.2 Å². The lowest BCUT2D eigenvalue weighted by Gasteiger charge is -2.32. The van der Waals surface area contributed by atoms with E-state index in [0.29, 0.717) is 17.9 Å². The molecule has 0 bridgehead atoms. The minimum absolute atomic E-state index is 0.188. The molecule has 0 spiro atoms. The second-order valence-corrected chi connectivity index (χ2v) is 9.43. The van der Waals surface area contributed by atoms with Crippen LogP contribution in [-0.4, -0.2) is 46.7 Å². The highest BCUT2D eigenvalue weighted by Crippen LogP contribution is 2.42. The van der Waals surface area contributed by atoms with Crippen molar-refractivity contribution in [1.82, 2.24) is 15.2 Å². The lowest BCUT2D eigenvalue weighted by atomic mass is 9.87. The number of pyridine rings is 1. The third-order valence-corrected chi connectivity index (χ3v) is 7.41. The molecule has 2 saturated heterocycles. The molecular formula is C27H26N4O3. The highest BCUT2D eigenvalue weighted by Gasteiger charge is 2.41. The van der Waals surface area contributed by atoms with Gasteiger partial charge in [-0.3, -0.25) is 34.5 Å². The number of piperidine rings is 2. The van der Waals surface area contributed by atoms with Crippen molar-refractivity contribution in [2.45, 2.75) is 44.2 Å². The molecule has 0 radical (unpaired) electrons. The number of carbonyl (C=O) groups excluding carboxylic acids is 3. The van der Waals surface area contributed by atoms with Gasteiger partial charge in [0.05, 0.1) is 16.8 Å². The second kappa shape index (κ2) is 8.33. The summed E-state index contributed by atoms with van der Waals surface area (Å²) >= 11 is 0. The zero-order valence-electron chi connectivity index (χ0n) is 18.9. The smallest absolute Gasteiger partial charge is 0.259 e. The zero-order valence-corrected chi connectivity index (χ0v) is 18.9. The molecule has 6 rings (SSSR count). The van der Waals surface area contributed by atoms with Gasteiger partial charge in [0.15, 0.2) is 0 Å². The van der Waals surface area contributed by atoms with E-state index in [9.17, 15) is 14.4 Å². The van der Waals surface area contributed by atoms with E-state index in [1.54, 1.807) is 11.1 Å². The number of anilines is 1. The van der Waals surface area contributed by atoms with Crippen molar-refractivity contribution in [3.63, 3.8) is 0 Å². The molecule has 3 aliphatic rings. The van der Waals surface area contributed by atoms with Crippen LogP contribution in [0.15, 0.2) is 54.7 Å². The highest BCUT2D eigenvalue weighted by molar-refractivity contribution is 6.27. The standard InChI is InChI=1S/C27H26N4O3/c32-23-9-8-22(26(33)29-23)31-21-10-13-28-25-19(6-7-20(24(21)25)27(31)34)18-11-14-30(15-12-18)16-17-4-2-1-3-5-17/h1-7,10,13,18,22H,8-9,11-12,14-16H2,(H,29,32,33). The fraction of sp³-hybridized carbons (Fsp3) is 0.333. The van der Waals surface area contributed by atoms with Gasteiger partial charge in [0, 0.05) is 24.5 Å². The fourth-order valence-electron chi connectivity index (χ4n) is 5.70. The van der Waals surface area contributed by atoms with Gasteiger partial charge in [0.1, 0.15) is 6.04 Å². The predicted molar refractivity (Wildman–Crippen MR) is 128 cm³/mol. The number of aromatic nitrogens is 1. The number of nitrogens with zero attached hydrogens (tertiary/aromatic N) is 3. The van der Waals surface area contributed by atoms with Crippen LogP contribution >= 0.6 is 0 Å². The number of likely N-dealkylation sites (tertiary alicyclic amines) is 1. The summed E-state index contributed by atoms with van der Waals surface area (Å²) < 4.78 is 0. The Bertz CT molecular complexity index is 1300. The zero-order chi connectivity index (χ0) is 23.2. The summed E-state index contributed by atoms with van der Waals surface area (Å²) in [6, 6.07) is 15.6. The number of imide groups is 1. The normalized spacial score (nSPS) is 21.4. The molecule has 1 unspecified atom stereocenters. The van der Waals surface area contributed by atoms with E-state index in [0.717, 1.165) is 49.1 Å². The maximum atomic E-state index is 13.3. The second-order valence-electron chi connectivity index (χ2n) is 9.43. The van der Waals surface area contributed by atoms with Crippen molar-refractivity contribution in [2.75, 3.05) is 18.0 Å². The van der Waals surface area contributed by atoms with Crippen LogP contribution in [0.4, 0.5) is 5.69 Å². The van der Waals surface area contributed by atoms with Crippen molar-refractivity contribution in [3.8, 4) is 0 Å². The number of amides is 3. The number of benzene rings is 2. The third kappa shape index (κ3) is 3.47. The SMILES string of the molecule is O=C1CCC(N2C(=O)c3ccc(C4CCN(Cc5ccccc5)CC4)c4nccc2c34)C(=O)N1. The maximum absolute atomic E-state index is 13.3. The average molecular weight is 455 g/mol. The molecule has 34 heavy (non-hydrogen) atoms. The molecule has 172 valence electrons. The number of hydrogen-bond acceptors (Lipinski definition) is 5. The summed E-state index contributed by atoms with van der Waals surface area (Å²) in [4.78, 5) is 46.3. The fourth-order valence-corrected chi connectivity index (χ4v) is 5.70. The average Bonchev–Trinajstić information content (AvgIpc) is 3.14. The van der Waals surface area contributed by atoms with Gasteiger partial charge in [-0.15, -0.1) is 0 Å². The molecule has 3 aliphatic heterocycles. The quantitative estimate of drug-likeness (QED) is 0.611. The number of hydrogen-bond donors (Lipinski definition) is 1. The summed E-state index contributed by atoms with van der Waals surface area (Å²) in [6.07, 6.45) is 4.38. The predicted octanol–water partition coefficient (Wildman–Crippen LogP) is 3.38. The van der Waals surface area contributed by atoms with E-state index in [1.165, 1.54) is 11.1 Å². The molecule has 2 fully saturated rings. The molecule has 7 heteroatoms. The lowest BCUT2D eigenvalue weighted by molar-refractivity contribution is -0.134. The first-order valence-electron chi connectivity index (χ1n) is 12.0. The minimum atomic E-state index is -0.673. The van der Waals surface area contributed by atoms with Crippen LogP contribution in [0, 0.1) is 0 Å². The van der Waals surface area contributed by atoms with Crippen molar-refractivity contribution >= 4 is 34.3 Å². The van der Waals surface area contributed by atoms with Crippen LogP contribution in [0.3, 0.4) is 0 Å². The molecule has 1 atom stereocenters. The van der Waals surface area contributed by atoms with Crippen LogP contribution in [0.25, 0.3) is 10.9 Å². The summed E-state index contributed by atoms with van der Waals surface area (Å²) in [5.41, 5.74) is 4.69. The Morgan fingerprint density at radius 3 is 2.50 bits per heavy atom. The van der Waals surface area contributed by atoms with Gasteiger partial charge in [-0.2, -0.15) is 0 Å². The summed E-state index contributed by atoms with van der Waals surface area (Å²) in [5.74, 6) is -0.505. The first kappa shape index (κ1) is 21.0. The minimum Gasteiger partial charge on any atom is -0.299 e. The summed E-state index contributed by atoms with van der Waals surface area (Å²) in [5, 5.41) is 3.21. The Hall–Kier alpha value is -3.58. The van der Waals surface area contributed by atoms with Crippen LogP contribution in [0.1, 0.15) is 53.1 Å². The van der Waals surface area contributed by atoms with Crippen LogP contribution in [-0.2, 0) is 16.1 Å². The van der Waals surface area contributed by atoms with E-state index < -0.39 is 11.9 Å². The Morgan fingerprint density at radius 2 is 1.74 bits per heavy atom. The maximum Gasteiger partial charge on any atom is 0.259 e. The Morgan fingerprint density at radius 1 is 0.941 bits per heavy atom. The molecular weight excluding hydrogens is 428 g/mol. The largest absolute Gasteiger partial charge is 0.299 e. The van der Waals surface area contributed by atoms with E-state index in [1.807, 2.05) is 18.2 Å². The van der Waals surface area contributed by atoms with Gasteiger partial charge in [-0.1, -0.05) is 36.4 Å². The van der Waals surface area contributed by atoms with Gasteiger partial charge in [0.2, 0.25) is 11.8 Å². The molecule has 0 aliphatic carbocycles. The molecule has 1 N–H and O–H groups in total. The van der Waals surface area contributed by atoms with Gasteiger partial charge < -0.3 is 0 Å². The van der Waals surface area contributed by atoms with Gasteiger partial charge in [-0.25, -0.2) is 0 Å². The number of rotatable bonds is 4. The first-order valence-corrected chi connectivity index (χ1v) is 12.0. The van der Waals surface area contributed by atoms with Gasteiger partial charge in [-0.05, 0) is 61.5 Å².